The van der Waals surface area contributed by atoms with Crippen LogP contribution in [0.15, 0.2) is 54.6 Å². The highest BCUT2D eigenvalue weighted by Crippen LogP contribution is 2.23. The van der Waals surface area contributed by atoms with Crippen LogP contribution in [0, 0.1) is 12.7 Å². The second-order valence-corrected chi connectivity index (χ2v) is 5.22. The predicted octanol–water partition coefficient (Wildman–Crippen LogP) is 3.96. The van der Waals surface area contributed by atoms with Crippen molar-refractivity contribution in [2.24, 2.45) is 0 Å². The number of benzene rings is 2. The van der Waals surface area contributed by atoms with Gasteiger partial charge in [-0.05, 0) is 42.3 Å². The second kappa shape index (κ2) is 5.62. The van der Waals surface area contributed by atoms with Crippen LogP contribution in [0.4, 0.5) is 4.39 Å². The number of hydrogen-bond acceptors (Lipinski definition) is 2. The maximum absolute atomic E-state index is 13.3. The van der Waals surface area contributed by atoms with Crippen molar-refractivity contribution in [3.8, 4) is 0 Å². The van der Waals surface area contributed by atoms with Gasteiger partial charge in [-0.2, -0.15) is 0 Å². The van der Waals surface area contributed by atoms with E-state index in [9.17, 15) is 9.50 Å². The first-order valence-electron chi connectivity index (χ1n) is 6.92. The number of hydrogen-bond donors (Lipinski definition) is 1. The van der Waals surface area contributed by atoms with E-state index in [0.717, 1.165) is 22.2 Å². The SMILES string of the molecule is Cc1ccc(F)cc1C(O)Cc1ccc2ccccc2n1. The Balaban J connectivity index is 1.88. The van der Waals surface area contributed by atoms with Crippen molar-refractivity contribution in [3.63, 3.8) is 0 Å². The number of aliphatic hydroxyl groups is 1. The Kier molecular flexibility index (Phi) is 3.67. The summed E-state index contributed by atoms with van der Waals surface area (Å²) >= 11 is 0. The van der Waals surface area contributed by atoms with Gasteiger partial charge in [0.1, 0.15) is 5.82 Å². The topological polar surface area (TPSA) is 33.1 Å². The summed E-state index contributed by atoms with van der Waals surface area (Å²) in [4.78, 5) is 4.54. The average molecular weight is 281 g/mol. The van der Waals surface area contributed by atoms with Gasteiger partial charge >= 0.3 is 0 Å². The Hall–Kier alpha value is -2.26. The Morgan fingerprint density at radius 3 is 2.76 bits per heavy atom. The highest BCUT2D eigenvalue weighted by Gasteiger charge is 2.13. The zero-order valence-electron chi connectivity index (χ0n) is 11.8. The van der Waals surface area contributed by atoms with Crippen LogP contribution in [-0.4, -0.2) is 10.1 Å². The Morgan fingerprint density at radius 2 is 1.90 bits per heavy atom. The second-order valence-electron chi connectivity index (χ2n) is 5.22. The first-order valence-corrected chi connectivity index (χ1v) is 6.92. The van der Waals surface area contributed by atoms with Crippen molar-refractivity contribution < 1.29 is 9.50 Å². The lowest BCUT2D eigenvalue weighted by molar-refractivity contribution is 0.176. The summed E-state index contributed by atoms with van der Waals surface area (Å²) in [5.74, 6) is -0.332. The van der Waals surface area contributed by atoms with Crippen LogP contribution < -0.4 is 0 Å². The molecule has 106 valence electrons. The number of aromatic nitrogens is 1. The number of nitrogens with zero attached hydrogens (tertiary/aromatic N) is 1. The van der Waals surface area contributed by atoms with Gasteiger partial charge in [0.05, 0.1) is 11.6 Å². The Bertz CT molecular complexity index is 785. The molecule has 0 spiro atoms. The third kappa shape index (κ3) is 2.93. The fourth-order valence-electron chi connectivity index (χ4n) is 2.50. The molecule has 0 aliphatic rings. The minimum Gasteiger partial charge on any atom is -0.388 e. The first-order chi connectivity index (χ1) is 10.1. The molecule has 3 aromatic rings. The maximum atomic E-state index is 13.3. The molecule has 0 bridgehead atoms. The van der Waals surface area contributed by atoms with E-state index in [1.54, 1.807) is 6.07 Å². The van der Waals surface area contributed by atoms with Gasteiger partial charge in [0.2, 0.25) is 0 Å². The Labute approximate surface area is 122 Å². The number of para-hydroxylation sites is 1. The van der Waals surface area contributed by atoms with Crippen molar-refractivity contribution in [1.82, 2.24) is 4.98 Å². The molecular formula is C18H16FNO. The van der Waals surface area contributed by atoms with Crippen LogP contribution in [0.1, 0.15) is 22.9 Å². The summed E-state index contributed by atoms with van der Waals surface area (Å²) in [5, 5.41) is 11.4. The first kappa shape index (κ1) is 13.7. The molecule has 0 saturated heterocycles. The summed E-state index contributed by atoms with van der Waals surface area (Å²) in [6, 6.07) is 16.2. The van der Waals surface area contributed by atoms with Crippen molar-refractivity contribution in [3.05, 3.63) is 77.2 Å². The molecule has 0 radical (unpaired) electrons. The van der Waals surface area contributed by atoms with Crippen LogP contribution in [0.2, 0.25) is 0 Å². The van der Waals surface area contributed by atoms with Gasteiger partial charge in [-0.1, -0.05) is 30.3 Å². The molecule has 21 heavy (non-hydrogen) atoms. The fourth-order valence-corrected chi connectivity index (χ4v) is 2.50. The average Bonchev–Trinajstić information content (AvgIpc) is 2.49. The number of fused-ring (bicyclic) bond motifs is 1. The summed E-state index contributed by atoms with van der Waals surface area (Å²) in [5.41, 5.74) is 3.19. The van der Waals surface area contributed by atoms with Gasteiger partial charge in [-0.3, -0.25) is 4.98 Å². The molecule has 1 unspecified atom stereocenters. The summed E-state index contributed by atoms with van der Waals surface area (Å²) in [6.07, 6.45) is -0.385. The van der Waals surface area contributed by atoms with E-state index in [2.05, 4.69) is 4.98 Å². The number of aliphatic hydroxyl groups excluding tert-OH is 1. The van der Waals surface area contributed by atoms with Crippen LogP contribution in [0.3, 0.4) is 0 Å². The van der Waals surface area contributed by atoms with Crippen molar-refractivity contribution in [2.45, 2.75) is 19.4 Å². The summed E-state index contributed by atoms with van der Waals surface area (Å²) in [6.45, 7) is 1.87. The van der Waals surface area contributed by atoms with E-state index in [1.165, 1.54) is 12.1 Å². The molecule has 3 heteroatoms. The molecule has 1 N–H and O–H groups in total. The van der Waals surface area contributed by atoms with E-state index < -0.39 is 6.10 Å². The molecule has 0 amide bonds. The molecule has 3 rings (SSSR count). The molecule has 2 nitrogen and oxygen atoms in total. The van der Waals surface area contributed by atoms with Gasteiger partial charge in [-0.15, -0.1) is 0 Å². The predicted molar refractivity (Wildman–Crippen MR) is 81.5 cm³/mol. The van der Waals surface area contributed by atoms with Crippen molar-refractivity contribution in [1.29, 1.82) is 0 Å². The number of halogens is 1. The molecule has 0 fully saturated rings. The van der Waals surface area contributed by atoms with Crippen LogP contribution in [0.5, 0.6) is 0 Å². The molecule has 0 saturated carbocycles. The highest BCUT2D eigenvalue weighted by molar-refractivity contribution is 5.78. The van der Waals surface area contributed by atoms with Crippen molar-refractivity contribution >= 4 is 10.9 Å². The molecule has 1 heterocycles. The lowest BCUT2D eigenvalue weighted by Crippen LogP contribution is -2.06. The van der Waals surface area contributed by atoms with Gasteiger partial charge in [0, 0.05) is 17.5 Å². The molecule has 0 aliphatic carbocycles. The highest BCUT2D eigenvalue weighted by atomic mass is 19.1. The molecule has 2 aromatic carbocycles. The molecule has 1 atom stereocenters. The monoisotopic (exact) mass is 281 g/mol. The van der Waals surface area contributed by atoms with Crippen LogP contribution in [-0.2, 0) is 6.42 Å². The Morgan fingerprint density at radius 1 is 1.10 bits per heavy atom. The molecule has 0 aliphatic heterocycles. The minimum atomic E-state index is -0.755. The van der Waals surface area contributed by atoms with Crippen LogP contribution in [0.25, 0.3) is 10.9 Å². The van der Waals surface area contributed by atoms with Gasteiger partial charge in [-0.25, -0.2) is 4.39 Å². The van der Waals surface area contributed by atoms with Crippen LogP contribution >= 0.6 is 0 Å². The van der Waals surface area contributed by atoms with Gasteiger partial charge < -0.3 is 5.11 Å². The molecule has 1 aromatic heterocycles. The number of rotatable bonds is 3. The van der Waals surface area contributed by atoms with E-state index in [0.29, 0.717) is 12.0 Å². The van der Waals surface area contributed by atoms with E-state index in [-0.39, 0.29) is 5.82 Å². The van der Waals surface area contributed by atoms with E-state index in [1.807, 2.05) is 43.3 Å². The van der Waals surface area contributed by atoms with Gasteiger partial charge in [0.25, 0.3) is 0 Å². The van der Waals surface area contributed by atoms with Crippen molar-refractivity contribution in [2.75, 3.05) is 0 Å². The minimum absolute atomic E-state index is 0.332. The third-order valence-corrected chi connectivity index (χ3v) is 3.66. The third-order valence-electron chi connectivity index (χ3n) is 3.66. The number of aryl methyl sites for hydroxylation is 1. The number of pyridine rings is 1. The smallest absolute Gasteiger partial charge is 0.123 e. The largest absolute Gasteiger partial charge is 0.388 e. The lowest BCUT2D eigenvalue weighted by Gasteiger charge is -2.14. The zero-order valence-corrected chi connectivity index (χ0v) is 11.8. The van der Waals surface area contributed by atoms with Gasteiger partial charge in [0.15, 0.2) is 0 Å². The fraction of sp³-hybridized carbons (Fsp3) is 0.167. The quantitative estimate of drug-likeness (QED) is 0.788. The standard InChI is InChI=1S/C18H16FNO/c1-12-6-8-14(19)10-16(12)18(21)11-15-9-7-13-4-2-3-5-17(13)20-15/h2-10,18,21H,11H2,1H3. The zero-order chi connectivity index (χ0) is 14.8. The normalized spacial score (nSPS) is 12.5. The van der Waals surface area contributed by atoms with E-state index >= 15 is 0 Å². The molecular weight excluding hydrogens is 265 g/mol. The lowest BCUT2D eigenvalue weighted by atomic mass is 9.99. The maximum Gasteiger partial charge on any atom is 0.123 e. The van der Waals surface area contributed by atoms with E-state index in [4.69, 9.17) is 0 Å². The summed E-state index contributed by atoms with van der Waals surface area (Å²) in [7, 11) is 0. The summed E-state index contributed by atoms with van der Waals surface area (Å²) < 4.78 is 13.3.